The van der Waals surface area contributed by atoms with Gasteiger partial charge in [-0.1, -0.05) is 71.2 Å². The molecule has 1 atom stereocenters. The number of halogens is 3. The lowest BCUT2D eigenvalue weighted by atomic mass is 9.99. The Hall–Kier alpha value is -1.67. The number of hydrogen-bond donors (Lipinski definition) is 0. The van der Waals surface area contributed by atoms with Crippen LogP contribution in [0.4, 0.5) is 0 Å². The molecule has 1 nitrogen and oxygen atoms in total. The molecule has 1 heterocycles. The van der Waals surface area contributed by atoms with Crippen LogP contribution in [0.2, 0.25) is 15.1 Å². The topological polar surface area (TPSA) is 9.23 Å². The molecule has 1 unspecified atom stereocenters. The molecule has 4 heteroatoms. The van der Waals surface area contributed by atoms with Crippen LogP contribution in [0.3, 0.4) is 0 Å². The highest BCUT2D eigenvalue weighted by molar-refractivity contribution is 6.36. The highest BCUT2D eigenvalue weighted by atomic mass is 35.5. The highest BCUT2D eigenvalue weighted by Gasteiger charge is 2.27. The number of ether oxygens (including phenoxy) is 1. The number of hydrogen-bond acceptors (Lipinski definition) is 1. The van der Waals surface area contributed by atoms with E-state index in [9.17, 15) is 0 Å². The molecule has 3 aromatic carbocycles. The number of aryl methyl sites for hydroxylation is 1. The van der Waals surface area contributed by atoms with Crippen molar-refractivity contribution in [1.82, 2.24) is 0 Å². The molecule has 4 rings (SSSR count). The van der Waals surface area contributed by atoms with E-state index in [1.807, 2.05) is 30.3 Å². The largest absolute Gasteiger partial charge is 0.489 e. The molecule has 0 aliphatic carbocycles. The fourth-order valence-electron chi connectivity index (χ4n) is 3.44. The van der Waals surface area contributed by atoms with E-state index in [-0.39, 0.29) is 6.10 Å². The maximum Gasteiger partial charge on any atom is 0.131 e. The minimum atomic E-state index is 0.147. The molecule has 0 radical (unpaired) electrons. The highest BCUT2D eigenvalue weighted by Crippen LogP contribution is 2.44. The second-order valence-electron chi connectivity index (χ2n) is 6.53. The Balaban J connectivity index is 1.60. The minimum absolute atomic E-state index is 0.147. The van der Waals surface area contributed by atoms with Gasteiger partial charge in [0.25, 0.3) is 0 Å². The Labute approximate surface area is 168 Å². The van der Waals surface area contributed by atoms with Crippen LogP contribution in [0.25, 0.3) is 11.1 Å². The standard InChI is InChI=1S/C22H17Cl3O/c23-16-7-9-19(21(25)13-16)20-12-17(24)10-15-11-18(26-22(15)20)8-6-14-4-2-1-3-5-14/h1-5,7,9-10,12-13,18H,6,8,11H2. The zero-order chi connectivity index (χ0) is 18.1. The predicted molar refractivity (Wildman–Crippen MR) is 110 cm³/mol. The third kappa shape index (κ3) is 3.71. The second-order valence-corrected chi connectivity index (χ2v) is 7.81. The Kier molecular flexibility index (Phi) is 5.13. The zero-order valence-electron chi connectivity index (χ0n) is 14.0. The van der Waals surface area contributed by atoms with E-state index in [1.54, 1.807) is 6.07 Å². The lowest BCUT2D eigenvalue weighted by Gasteiger charge is -2.14. The SMILES string of the molecule is Clc1ccc(-c2cc(Cl)cc3c2OC(CCc2ccccc2)C3)c(Cl)c1. The predicted octanol–water partition coefficient (Wildman–Crippen LogP) is 7.25. The van der Waals surface area contributed by atoms with Crippen LogP contribution in [0.5, 0.6) is 5.75 Å². The van der Waals surface area contributed by atoms with E-state index in [2.05, 4.69) is 24.3 Å². The van der Waals surface area contributed by atoms with Crippen molar-refractivity contribution < 1.29 is 4.74 Å². The van der Waals surface area contributed by atoms with E-state index in [0.29, 0.717) is 15.1 Å². The van der Waals surface area contributed by atoms with Gasteiger partial charge in [-0.3, -0.25) is 0 Å². The molecule has 26 heavy (non-hydrogen) atoms. The summed E-state index contributed by atoms with van der Waals surface area (Å²) < 4.78 is 6.30. The number of fused-ring (bicyclic) bond motifs is 1. The van der Waals surface area contributed by atoms with Gasteiger partial charge in [0.1, 0.15) is 11.9 Å². The molecule has 0 fully saturated rings. The Morgan fingerprint density at radius 1 is 0.846 bits per heavy atom. The minimum Gasteiger partial charge on any atom is -0.489 e. The van der Waals surface area contributed by atoms with Crippen LogP contribution in [-0.2, 0) is 12.8 Å². The van der Waals surface area contributed by atoms with Crippen molar-refractivity contribution in [3.8, 4) is 16.9 Å². The molecule has 0 N–H and O–H groups in total. The zero-order valence-corrected chi connectivity index (χ0v) is 16.3. The van der Waals surface area contributed by atoms with Crippen LogP contribution in [-0.4, -0.2) is 6.10 Å². The van der Waals surface area contributed by atoms with Crippen molar-refractivity contribution in [2.24, 2.45) is 0 Å². The number of benzene rings is 3. The third-order valence-corrected chi connectivity index (χ3v) is 5.45. The van der Waals surface area contributed by atoms with Gasteiger partial charge >= 0.3 is 0 Å². The lowest BCUT2D eigenvalue weighted by Crippen LogP contribution is -2.13. The maximum absolute atomic E-state index is 6.41. The molecule has 0 amide bonds. The fourth-order valence-corrected chi connectivity index (χ4v) is 4.19. The van der Waals surface area contributed by atoms with E-state index < -0.39 is 0 Å². The molecule has 0 saturated carbocycles. The summed E-state index contributed by atoms with van der Waals surface area (Å²) in [5.41, 5.74) is 4.28. The van der Waals surface area contributed by atoms with Crippen molar-refractivity contribution in [1.29, 1.82) is 0 Å². The van der Waals surface area contributed by atoms with Crippen LogP contribution < -0.4 is 4.74 Å². The molecular formula is C22H17Cl3O. The van der Waals surface area contributed by atoms with Gasteiger partial charge in [0.2, 0.25) is 0 Å². The van der Waals surface area contributed by atoms with Crippen LogP contribution in [0.1, 0.15) is 17.5 Å². The molecule has 1 aliphatic rings. The maximum atomic E-state index is 6.41. The third-order valence-electron chi connectivity index (χ3n) is 4.68. The summed E-state index contributed by atoms with van der Waals surface area (Å²) in [7, 11) is 0. The summed E-state index contributed by atoms with van der Waals surface area (Å²) in [6.07, 6.45) is 2.96. The van der Waals surface area contributed by atoms with Crippen molar-refractivity contribution >= 4 is 34.8 Å². The second kappa shape index (κ2) is 7.52. The molecule has 0 spiro atoms. The molecule has 1 aliphatic heterocycles. The first kappa shape index (κ1) is 17.7. The Morgan fingerprint density at radius 2 is 1.65 bits per heavy atom. The van der Waals surface area contributed by atoms with Gasteiger partial charge < -0.3 is 4.74 Å². The molecule has 0 bridgehead atoms. The summed E-state index contributed by atoms with van der Waals surface area (Å²) in [6.45, 7) is 0. The quantitative estimate of drug-likeness (QED) is 0.446. The van der Waals surface area contributed by atoms with E-state index in [1.165, 1.54) is 5.56 Å². The smallest absolute Gasteiger partial charge is 0.131 e. The van der Waals surface area contributed by atoms with Crippen molar-refractivity contribution in [2.45, 2.75) is 25.4 Å². The van der Waals surface area contributed by atoms with E-state index in [0.717, 1.165) is 41.7 Å². The average molecular weight is 404 g/mol. The van der Waals surface area contributed by atoms with Crippen molar-refractivity contribution in [3.63, 3.8) is 0 Å². The lowest BCUT2D eigenvalue weighted by molar-refractivity contribution is 0.222. The summed E-state index contributed by atoms with van der Waals surface area (Å²) in [5.74, 6) is 0.886. The van der Waals surface area contributed by atoms with Gasteiger partial charge in [-0.25, -0.2) is 0 Å². The summed E-state index contributed by atoms with van der Waals surface area (Å²) in [6, 6.07) is 19.9. The summed E-state index contributed by atoms with van der Waals surface area (Å²) in [5, 5.41) is 1.90. The number of rotatable bonds is 4. The van der Waals surface area contributed by atoms with E-state index >= 15 is 0 Å². The van der Waals surface area contributed by atoms with Gasteiger partial charge in [-0.2, -0.15) is 0 Å². The van der Waals surface area contributed by atoms with Crippen LogP contribution >= 0.6 is 34.8 Å². The van der Waals surface area contributed by atoms with Gasteiger partial charge in [0.15, 0.2) is 0 Å². The first-order valence-electron chi connectivity index (χ1n) is 8.58. The van der Waals surface area contributed by atoms with Gasteiger partial charge in [0, 0.05) is 27.6 Å². The van der Waals surface area contributed by atoms with Crippen molar-refractivity contribution in [3.05, 3.63) is 86.9 Å². The van der Waals surface area contributed by atoms with E-state index in [4.69, 9.17) is 39.5 Å². The normalized spacial score (nSPS) is 15.6. The molecule has 132 valence electrons. The molecule has 0 aromatic heterocycles. The van der Waals surface area contributed by atoms with Gasteiger partial charge in [-0.05, 0) is 48.2 Å². The Morgan fingerprint density at radius 3 is 2.42 bits per heavy atom. The molecule has 3 aromatic rings. The van der Waals surface area contributed by atoms with Gasteiger partial charge in [-0.15, -0.1) is 0 Å². The van der Waals surface area contributed by atoms with Crippen LogP contribution in [0, 0.1) is 0 Å². The summed E-state index contributed by atoms with van der Waals surface area (Å²) >= 11 is 18.8. The molecular weight excluding hydrogens is 387 g/mol. The Bertz CT molecular complexity index is 938. The van der Waals surface area contributed by atoms with Gasteiger partial charge in [0.05, 0.1) is 5.02 Å². The molecule has 0 saturated heterocycles. The first-order valence-corrected chi connectivity index (χ1v) is 9.72. The monoisotopic (exact) mass is 402 g/mol. The van der Waals surface area contributed by atoms with Crippen molar-refractivity contribution in [2.75, 3.05) is 0 Å². The van der Waals surface area contributed by atoms with Crippen LogP contribution in [0.15, 0.2) is 60.7 Å². The summed E-state index contributed by atoms with van der Waals surface area (Å²) in [4.78, 5) is 0. The fraction of sp³-hybridized carbons (Fsp3) is 0.182. The first-order chi connectivity index (χ1) is 12.6. The average Bonchev–Trinajstić information content (AvgIpc) is 3.03.